The number of imidazole rings is 1. The Kier molecular flexibility index (Phi) is 8.09. The maximum absolute atomic E-state index is 14.5. The first-order chi connectivity index (χ1) is 23.5. The Bertz CT molecular complexity index is 2350. The quantitative estimate of drug-likeness (QED) is 0.279. The molecule has 1 amide bonds. The van der Waals surface area contributed by atoms with Gasteiger partial charge in [0.2, 0.25) is 5.95 Å². The molecule has 49 heavy (non-hydrogen) atoms. The van der Waals surface area contributed by atoms with E-state index in [1.807, 2.05) is 85.7 Å². The Morgan fingerprint density at radius 3 is 2.45 bits per heavy atom. The maximum Gasteiger partial charge on any atom is 0.407 e. The molecule has 0 saturated carbocycles. The van der Waals surface area contributed by atoms with E-state index in [2.05, 4.69) is 25.3 Å². The molecular weight excluding hydrogens is 624 g/mol. The first-order valence-electron chi connectivity index (χ1n) is 16.3. The zero-order valence-corrected chi connectivity index (χ0v) is 28.2. The molecule has 14 heteroatoms. The average Bonchev–Trinajstić information content (AvgIpc) is 3.44. The van der Waals surface area contributed by atoms with Crippen LogP contribution in [0.2, 0.25) is 0 Å². The van der Waals surface area contributed by atoms with Crippen molar-refractivity contribution in [3.05, 3.63) is 92.9 Å². The van der Waals surface area contributed by atoms with E-state index >= 15 is 0 Å². The summed E-state index contributed by atoms with van der Waals surface area (Å²) in [4.78, 5) is 66.3. The van der Waals surface area contributed by atoms with Crippen molar-refractivity contribution in [2.45, 2.75) is 65.3 Å². The Morgan fingerprint density at radius 2 is 1.67 bits per heavy atom. The summed E-state index contributed by atoms with van der Waals surface area (Å²) in [6.07, 6.45) is 2.54. The minimum absolute atomic E-state index is 0.115. The Hall–Kier alpha value is -5.66. The van der Waals surface area contributed by atoms with Gasteiger partial charge in [-0.1, -0.05) is 36.4 Å². The SMILES string of the molecule is Cc1nc(Cn2c(=O)c3c(nc(N4CCC[C@@H](NC(=O)OC(C)(C)C)C4)n3Cc3ncnc4ccccc34)n(C)c2=O)nc2ccccc12. The fraction of sp³-hybridized carbons (Fsp3) is 0.371. The van der Waals surface area contributed by atoms with Crippen molar-refractivity contribution in [3.63, 3.8) is 0 Å². The number of anilines is 1. The molecule has 6 aromatic rings. The molecule has 1 atom stereocenters. The minimum Gasteiger partial charge on any atom is -0.444 e. The summed E-state index contributed by atoms with van der Waals surface area (Å²) in [6, 6.07) is 15.1. The Labute approximate surface area is 281 Å². The summed E-state index contributed by atoms with van der Waals surface area (Å²) in [5.74, 6) is 0.853. The number of nitrogens with one attached hydrogen (secondary N) is 1. The van der Waals surface area contributed by atoms with Gasteiger partial charge >= 0.3 is 11.8 Å². The van der Waals surface area contributed by atoms with Crippen molar-refractivity contribution in [1.82, 2.24) is 43.9 Å². The standard InChI is InChI=1S/C35H38N10O4/c1-21-23-12-6-9-15-26(23)40-28(38-21)19-45-31(46)29-30(42(5)34(45)48)41-32(43-16-10-11-22(17-43)39-33(47)49-35(2,3)4)44(29)18-27-24-13-7-8-14-25(24)36-20-37-27/h6-9,12-15,20,22H,10-11,16-19H2,1-5H3,(H,39,47)/t22-/m1/s1. The summed E-state index contributed by atoms with van der Waals surface area (Å²) in [5, 5.41) is 4.74. The molecule has 252 valence electrons. The van der Waals surface area contributed by atoms with Crippen molar-refractivity contribution >= 4 is 45.0 Å². The van der Waals surface area contributed by atoms with Gasteiger partial charge in [0.1, 0.15) is 17.8 Å². The molecule has 2 aromatic carbocycles. The molecule has 7 rings (SSSR count). The topological polar surface area (TPSA) is 155 Å². The van der Waals surface area contributed by atoms with Crippen molar-refractivity contribution in [1.29, 1.82) is 0 Å². The van der Waals surface area contributed by atoms with Crippen LogP contribution < -0.4 is 21.5 Å². The highest BCUT2D eigenvalue weighted by Crippen LogP contribution is 2.26. The molecule has 0 aliphatic carbocycles. The summed E-state index contributed by atoms with van der Waals surface area (Å²) >= 11 is 0. The van der Waals surface area contributed by atoms with Gasteiger partial charge in [-0.15, -0.1) is 0 Å². The predicted molar refractivity (Wildman–Crippen MR) is 186 cm³/mol. The van der Waals surface area contributed by atoms with Crippen LogP contribution in [0.5, 0.6) is 0 Å². The lowest BCUT2D eigenvalue weighted by molar-refractivity contribution is 0.0499. The minimum atomic E-state index is -0.631. The van der Waals surface area contributed by atoms with Gasteiger partial charge in [-0.2, -0.15) is 4.98 Å². The molecule has 0 spiro atoms. The second-order valence-corrected chi connectivity index (χ2v) is 13.4. The summed E-state index contributed by atoms with van der Waals surface area (Å²) in [5.41, 5.74) is 1.79. The number of amides is 1. The number of para-hydroxylation sites is 2. The van der Waals surface area contributed by atoms with Gasteiger partial charge in [-0.05, 0) is 52.7 Å². The smallest absolute Gasteiger partial charge is 0.407 e. The third-order valence-corrected chi connectivity index (χ3v) is 8.71. The molecule has 0 unspecified atom stereocenters. The highest BCUT2D eigenvalue weighted by atomic mass is 16.6. The van der Waals surface area contributed by atoms with E-state index in [0.717, 1.165) is 44.9 Å². The van der Waals surface area contributed by atoms with Gasteiger partial charge in [-0.25, -0.2) is 29.5 Å². The first kappa shape index (κ1) is 31.9. The van der Waals surface area contributed by atoms with Crippen LogP contribution in [0, 0.1) is 6.92 Å². The van der Waals surface area contributed by atoms with E-state index in [0.29, 0.717) is 30.6 Å². The van der Waals surface area contributed by atoms with E-state index in [9.17, 15) is 14.4 Å². The monoisotopic (exact) mass is 662 g/mol. The van der Waals surface area contributed by atoms with Crippen LogP contribution in [0.1, 0.15) is 50.8 Å². The molecule has 0 radical (unpaired) electrons. The van der Waals surface area contributed by atoms with E-state index in [-0.39, 0.29) is 30.3 Å². The van der Waals surface area contributed by atoms with Crippen LogP contribution in [0.3, 0.4) is 0 Å². The molecule has 14 nitrogen and oxygen atoms in total. The zero-order valence-electron chi connectivity index (χ0n) is 28.2. The van der Waals surface area contributed by atoms with Gasteiger partial charge < -0.3 is 15.0 Å². The Balaban J connectivity index is 1.35. The summed E-state index contributed by atoms with van der Waals surface area (Å²) < 4.78 is 9.89. The number of aryl methyl sites for hydroxylation is 2. The number of ether oxygens (including phenoxy) is 1. The number of aromatic nitrogens is 8. The zero-order chi connectivity index (χ0) is 34.4. The lowest BCUT2D eigenvalue weighted by Crippen LogP contribution is -2.49. The Morgan fingerprint density at radius 1 is 0.939 bits per heavy atom. The van der Waals surface area contributed by atoms with E-state index < -0.39 is 22.9 Å². The van der Waals surface area contributed by atoms with Crippen LogP contribution in [0.15, 0.2) is 64.4 Å². The number of hydrogen-bond acceptors (Lipinski definition) is 10. The highest BCUT2D eigenvalue weighted by molar-refractivity contribution is 5.82. The van der Waals surface area contributed by atoms with Crippen molar-refractivity contribution in [2.24, 2.45) is 7.05 Å². The highest BCUT2D eigenvalue weighted by Gasteiger charge is 2.30. The van der Waals surface area contributed by atoms with Gasteiger partial charge in [0.05, 0.1) is 29.8 Å². The molecule has 1 aliphatic heterocycles. The molecule has 1 aliphatic rings. The number of nitrogens with zero attached hydrogens (tertiary/aromatic N) is 9. The number of piperidine rings is 1. The van der Waals surface area contributed by atoms with Crippen molar-refractivity contribution in [3.8, 4) is 0 Å². The van der Waals surface area contributed by atoms with Gasteiger partial charge in [0.25, 0.3) is 5.56 Å². The molecule has 0 bridgehead atoms. The third kappa shape index (κ3) is 6.21. The predicted octanol–water partition coefficient (Wildman–Crippen LogP) is 3.68. The molecule has 1 saturated heterocycles. The second-order valence-electron chi connectivity index (χ2n) is 13.4. The number of carbonyl (C=O) groups is 1. The maximum atomic E-state index is 14.5. The second kappa shape index (κ2) is 12.4. The number of fused-ring (bicyclic) bond motifs is 3. The largest absolute Gasteiger partial charge is 0.444 e. The molecule has 1 fully saturated rings. The molecule has 1 N–H and O–H groups in total. The lowest BCUT2D eigenvalue weighted by atomic mass is 10.1. The summed E-state index contributed by atoms with van der Waals surface area (Å²) in [6.45, 7) is 8.49. The van der Waals surface area contributed by atoms with Crippen LogP contribution in [-0.2, 0) is 24.9 Å². The number of hydrogen-bond donors (Lipinski definition) is 1. The molecular formula is C35H38N10O4. The van der Waals surface area contributed by atoms with Gasteiger partial charge in [-0.3, -0.25) is 18.5 Å². The first-order valence-corrected chi connectivity index (χ1v) is 16.3. The van der Waals surface area contributed by atoms with E-state index in [1.165, 1.54) is 10.9 Å². The van der Waals surface area contributed by atoms with Crippen molar-refractivity contribution in [2.75, 3.05) is 18.0 Å². The number of alkyl carbamates (subject to hydrolysis) is 1. The normalized spacial score (nSPS) is 15.3. The van der Waals surface area contributed by atoms with Crippen LogP contribution in [0.25, 0.3) is 33.0 Å². The average molecular weight is 663 g/mol. The molecule has 4 aromatic heterocycles. The fourth-order valence-electron chi connectivity index (χ4n) is 6.48. The van der Waals surface area contributed by atoms with E-state index in [4.69, 9.17) is 9.72 Å². The third-order valence-electron chi connectivity index (χ3n) is 8.71. The van der Waals surface area contributed by atoms with Crippen LogP contribution >= 0.6 is 0 Å². The number of benzene rings is 2. The lowest BCUT2D eigenvalue weighted by Gasteiger charge is -2.34. The van der Waals surface area contributed by atoms with E-state index in [1.54, 1.807) is 7.05 Å². The number of carbonyl (C=O) groups excluding carboxylic acids is 1. The van der Waals surface area contributed by atoms with Crippen LogP contribution in [-0.4, -0.2) is 69.4 Å². The fourth-order valence-corrected chi connectivity index (χ4v) is 6.48. The van der Waals surface area contributed by atoms with Crippen molar-refractivity contribution < 1.29 is 9.53 Å². The number of rotatable bonds is 6. The molecule has 5 heterocycles. The van der Waals surface area contributed by atoms with Gasteiger partial charge in [0, 0.05) is 42.6 Å². The summed E-state index contributed by atoms with van der Waals surface area (Å²) in [7, 11) is 1.61. The van der Waals surface area contributed by atoms with Crippen LogP contribution in [0.4, 0.5) is 10.7 Å². The van der Waals surface area contributed by atoms with Gasteiger partial charge in [0.15, 0.2) is 11.2 Å².